The van der Waals surface area contributed by atoms with E-state index in [-0.39, 0.29) is 34.8 Å². The molecular weight excluding hydrogens is 328 g/mol. The van der Waals surface area contributed by atoms with E-state index in [0.29, 0.717) is 13.1 Å². The SMILES string of the molecule is COC(=O)c1ccccc1S(=O)(=O)N1CCC(C(C)N)C1.Cl. The van der Waals surface area contributed by atoms with Gasteiger partial charge in [0.15, 0.2) is 0 Å². The minimum absolute atomic E-state index is 0. The second kappa shape index (κ2) is 7.41. The first-order chi connectivity index (χ1) is 9.87. The normalized spacial score (nSPS) is 20.2. The molecule has 1 aliphatic heterocycles. The molecule has 1 aliphatic rings. The minimum atomic E-state index is -3.71. The molecule has 22 heavy (non-hydrogen) atoms. The van der Waals surface area contributed by atoms with Crippen LogP contribution in [0.1, 0.15) is 23.7 Å². The molecule has 1 saturated heterocycles. The fourth-order valence-corrected chi connectivity index (χ4v) is 4.20. The summed E-state index contributed by atoms with van der Waals surface area (Å²) in [6, 6.07) is 6.04. The van der Waals surface area contributed by atoms with Gasteiger partial charge in [-0.25, -0.2) is 13.2 Å². The van der Waals surface area contributed by atoms with Crippen LogP contribution in [0, 0.1) is 5.92 Å². The van der Waals surface area contributed by atoms with Crippen LogP contribution < -0.4 is 5.73 Å². The lowest BCUT2D eigenvalue weighted by molar-refractivity contribution is 0.0596. The first kappa shape index (κ1) is 18.9. The zero-order valence-electron chi connectivity index (χ0n) is 12.6. The van der Waals surface area contributed by atoms with E-state index in [4.69, 9.17) is 5.73 Å². The molecule has 0 aliphatic carbocycles. The summed E-state index contributed by atoms with van der Waals surface area (Å²) in [5, 5.41) is 0. The number of halogens is 1. The van der Waals surface area contributed by atoms with E-state index < -0.39 is 16.0 Å². The van der Waals surface area contributed by atoms with Gasteiger partial charge >= 0.3 is 5.97 Å². The molecule has 1 aromatic carbocycles. The first-order valence-electron chi connectivity index (χ1n) is 6.81. The molecule has 6 nitrogen and oxygen atoms in total. The monoisotopic (exact) mass is 348 g/mol. The number of methoxy groups -OCH3 is 1. The highest BCUT2D eigenvalue weighted by molar-refractivity contribution is 7.89. The van der Waals surface area contributed by atoms with Crippen LogP contribution in [0.5, 0.6) is 0 Å². The Bertz CT molecular complexity index is 633. The van der Waals surface area contributed by atoms with Gasteiger partial charge in [-0.2, -0.15) is 4.31 Å². The number of rotatable bonds is 4. The second-order valence-electron chi connectivity index (χ2n) is 5.26. The van der Waals surface area contributed by atoms with Crippen LogP contribution in [-0.4, -0.2) is 44.9 Å². The van der Waals surface area contributed by atoms with Gasteiger partial charge in [0.25, 0.3) is 0 Å². The molecule has 0 radical (unpaired) electrons. The van der Waals surface area contributed by atoms with Crippen LogP contribution >= 0.6 is 12.4 Å². The van der Waals surface area contributed by atoms with Crippen molar-refractivity contribution in [3.8, 4) is 0 Å². The van der Waals surface area contributed by atoms with Gasteiger partial charge in [-0.1, -0.05) is 12.1 Å². The standard InChI is InChI=1S/C14H20N2O4S.ClH/c1-10(15)11-7-8-16(9-11)21(18,19)13-6-4-3-5-12(13)14(17)20-2;/h3-6,10-11H,7-9,15H2,1-2H3;1H. The highest BCUT2D eigenvalue weighted by Gasteiger charge is 2.35. The number of carbonyl (C=O) groups is 1. The molecule has 2 N–H and O–H groups in total. The van der Waals surface area contributed by atoms with Crippen molar-refractivity contribution in [2.45, 2.75) is 24.3 Å². The molecule has 8 heteroatoms. The van der Waals surface area contributed by atoms with Crippen LogP contribution in [0.2, 0.25) is 0 Å². The largest absolute Gasteiger partial charge is 0.465 e. The van der Waals surface area contributed by atoms with Gasteiger partial charge in [-0.15, -0.1) is 12.4 Å². The van der Waals surface area contributed by atoms with E-state index in [1.54, 1.807) is 12.1 Å². The molecule has 0 bridgehead atoms. The zero-order chi connectivity index (χ0) is 15.6. The number of hydrogen-bond acceptors (Lipinski definition) is 5. The third-order valence-corrected chi connectivity index (χ3v) is 5.76. The lowest BCUT2D eigenvalue weighted by Gasteiger charge is -2.19. The number of ether oxygens (including phenoxy) is 1. The molecule has 0 saturated carbocycles. The first-order valence-corrected chi connectivity index (χ1v) is 8.25. The Labute approximate surface area is 137 Å². The molecule has 0 aromatic heterocycles. The van der Waals surface area contributed by atoms with Gasteiger partial charge in [0.1, 0.15) is 0 Å². The highest BCUT2D eigenvalue weighted by atomic mass is 35.5. The fourth-order valence-electron chi connectivity index (χ4n) is 2.51. The zero-order valence-corrected chi connectivity index (χ0v) is 14.2. The topological polar surface area (TPSA) is 89.7 Å². The fraction of sp³-hybridized carbons (Fsp3) is 0.500. The van der Waals surface area contributed by atoms with Crippen molar-refractivity contribution >= 4 is 28.4 Å². The summed E-state index contributed by atoms with van der Waals surface area (Å²) < 4.78 is 31.5. The summed E-state index contributed by atoms with van der Waals surface area (Å²) in [5.74, 6) is -0.512. The summed E-state index contributed by atoms with van der Waals surface area (Å²) in [6.45, 7) is 2.68. The summed E-state index contributed by atoms with van der Waals surface area (Å²) in [7, 11) is -2.48. The quantitative estimate of drug-likeness (QED) is 0.827. The Morgan fingerprint density at radius 1 is 1.41 bits per heavy atom. The minimum Gasteiger partial charge on any atom is -0.465 e. The van der Waals surface area contributed by atoms with Crippen LogP contribution in [0.4, 0.5) is 0 Å². The molecule has 2 rings (SSSR count). The van der Waals surface area contributed by atoms with Crippen molar-refractivity contribution in [3.63, 3.8) is 0 Å². The Morgan fingerprint density at radius 2 is 2.05 bits per heavy atom. The molecule has 1 heterocycles. The van der Waals surface area contributed by atoms with Crippen molar-refractivity contribution in [2.75, 3.05) is 20.2 Å². The highest BCUT2D eigenvalue weighted by Crippen LogP contribution is 2.27. The van der Waals surface area contributed by atoms with Crippen LogP contribution in [-0.2, 0) is 14.8 Å². The third kappa shape index (κ3) is 3.60. The number of nitrogens with zero attached hydrogens (tertiary/aromatic N) is 1. The van der Waals surface area contributed by atoms with Gasteiger partial charge in [-0.3, -0.25) is 0 Å². The summed E-state index contributed by atoms with van der Waals surface area (Å²) in [6.07, 6.45) is 0.733. The summed E-state index contributed by atoms with van der Waals surface area (Å²) in [4.78, 5) is 11.7. The predicted octanol–water partition coefficient (Wildman–Crippen LogP) is 1.25. The van der Waals surface area contributed by atoms with E-state index in [1.807, 2.05) is 6.92 Å². The molecule has 0 amide bonds. The van der Waals surface area contributed by atoms with E-state index >= 15 is 0 Å². The van der Waals surface area contributed by atoms with Gasteiger partial charge < -0.3 is 10.5 Å². The number of sulfonamides is 1. The average Bonchev–Trinajstić information content (AvgIpc) is 2.97. The predicted molar refractivity (Wildman–Crippen MR) is 85.5 cm³/mol. The molecule has 124 valence electrons. The van der Waals surface area contributed by atoms with E-state index in [2.05, 4.69) is 4.74 Å². The molecule has 2 unspecified atom stereocenters. The third-order valence-electron chi connectivity index (χ3n) is 3.84. The summed E-state index contributed by atoms with van der Waals surface area (Å²) >= 11 is 0. The van der Waals surface area contributed by atoms with Gasteiger partial charge in [0, 0.05) is 19.1 Å². The van der Waals surface area contributed by atoms with Crippen molar-refractivity contribution < 1.29 is 17.9 Å². The van der Waals surface area contributed by atoms with Crippen LogP contribution in [0.15, 0.2) is 29.2 Å². The smallest absolute Gasteiger partial charge is 0.339 e. The van der Waals surface area contributed by atoms with E-state index in [1.165, 1.54) is 23.5 Å². The number of esters is 1. The maximum atomic E-state index is 12.7. The molecule has 2 atom stereocenters. The van der Waals surface area contributed by atoms with Gasteiger partial charge in [-0.05, 0) is 31.4 Å². The molecule has 1 aromatic rings. The van der Waals surface area contributed by atoms with Crippen molar-refractivity contribution in [1.82, 2.24) is 4.31 Å². The Kier molecular flexibility index (Phi) is 6.37. The van der Waals surface area contributed by atoms with Crippen LogP contribution in [0.3, 0.4) is 0 Å². The second-order valence-corrected chi connectivity index (χ2v) is 7.17. The number of hydrogen-bond donors (Lipinski definition) is 1. The molecular formula is C14H21ClN2O4S. The summed E-state index contributed by atoms with van der Waals surface area (Å²) in [5.41, 5.74) is 5.91. The molecule has 0 spiro atoms. The maximum absolute atomic E-state index is 12.7. The number of carbonyl (C=O) groups excluding carboxylic acids is 1. The Morgan fingerprint density at radius 3 is 2.59 bits per heavy atom. The Hall–Kier alpha value is -1.15. The van der Waals surface area contributed by atoms with Crippen molar-refractivity contribution in [1.29, 1.82) is 0 Å². The van der Waals surface area contributed by atoms with Gasteiger partial charge in [0.05, 0.1) is 17.6 Å². The van der Waals surface area contributed by atoms with Crippen LogP contribution in [0.25, 0.3) is 0 Å². The maximum Gasteiger partial charge on any atom is 0.339 e. The van der Waals surface area contributed by atoms with Crippen molar-refractivity contribution in [3.05, 3.63) is 29.8 Å². The number of benzene rings is 1. The lowest BCUT2D eigenvalue weighted by Crippen LogP contribution is -2.33. The van der Waals surface area contributed by atoms with Crippen molar-refractivity contribution in [2.24, 2.45) is 11.7 Å². The van der Waals surface area contributed by atoms with E-state index in [9.17, 15) is 13.2 Å². The Balaban J connectivity index is 0.00000242. The molecule has 1 fully saturated rings. The lowest BCUT2D eigenvalue weighted by atomic mass is 10.0. The van der Waals surface area contributed by atoms with Gasteiger partial charge in [0.2, 0.25) is 10.0 Å². The average molecular weight is 349 g/mol. The number of nitrogens with two attached hydrogens (primary N) is 1. The van der Waals surface area contributed by atoms with E-state index in [0.717, 1.165) is 6.42 Å².